The minimum Gasteiger partial charge on any atom is -0.497 e. The third kappa shape index (κ3) is 5.64. The number of benzene rings is 2. The number of anilines is 2. The van der Waals surface area contributed by atoms with Gasteiger partial charge in [0.25, 0.3) is 10.0 Å². The van der Waals surface area contributed by atoms with Crippen LogP contribution in [0.15, 0.2) is 47.4 Å². The van der Waals surface area contributed by atoms with Gasteiger partial charge in [-0.1, -0.05) is 0 Å². The second kappa shape index (κ2) is 9.95. The van der Waals surface area contributed by atoms with Crippen LogP contribution in [0.5, 0.6) is 11.5 Å². The van der Waals surface area contributed by atoms with Crippen LogP contribution in [0.4, 0.5) is 11.4 Å². The lowest BCUT2D eigenvalue weighted by molar-refractivity contribution is -0.116. The number of amides is 1. The lowest BCUT2D eigenvalue weighted by atomic mass is 10.1. The number of carbonyl (C=O) groups is 1. The van der Waals surface area contributed by atoms with Crippen LogP contribution in [0.1, 0.15) is 23.4 Å². The van der Waals surface area contributed by atoms with Gasteiger partial charge < -0.3 is 14.8 Å². The zero-order valence-corrected chi connectivity index (χ0v) is 20.1. The summed E-state index contributed by atoms with van der Waals surface area (Å²) in [5, 5.41) is 7.13. The Morgan fingerprint density at radius 1 is 1.03 bits per heavy atom. The minimum atomic E-state index is -3.98. The van der Waals surface area contributed by atoms with Crippen molar-refractivity contribution in [2.75, 3.05) is 24.3 Å². The molecular weight excluding hydrogens is 444 g/mol. The Kier molecular flexibility index (Phi) is 7.27. The molecule has 0 bridgehead atoms. The van der Waals surface area contributed by atoms with Gasteiger partial charge in [-0.3, -0.25) is 14.2 Å². The van der Waals surface area contributed by atoms with Crippen LogP contribution in [-0.4, -0.2) is 38.3 Å². The molecule has 1 heterocycles. The van der Waals surface area contributed by atoms with E-state index in [1.807, 2.05) is 20.9 Å². The van der Waals surface area contributed by atoms with Gasteiger partial charge in [-0.15, -0.1) is 0 Å². The molecule has 0 unspecified atom stereocenters. The van der Waals surface area contributed by atoms with E-state index in [0.29, 0.717) is 23.5 Å². The molecule has 33 heavy (non-hydrogen) atoms. The van der Waals surface area contributed by atoms with Gasteiger partial charge in [0.05, 0.1) is 19.9 Å². The van der Waals surface area contributed by atoms with Crippen molar-refractivity contribution in [2.24, 2.45) is 7.05 Å². The highest BCUT2D eigenvalue weighted by molar-refractivity contribution is 7.92. The second-order valence-corrected chi connectivity index (χ2v) is 9.17. The Balaban J connectivity index is 1.75. The number of nitrogens with zero attached hydrogens (tertiary/aromatic N) is 2. The summed E-state index contributed by atoms with van der Waals surface area (Å²) in [6.45, 7) is 3.88. The Labute approximate surface area is 193 Å². The Hall–Kier alpha value is -3.53. The van der Waals surface area contributed by atoms with Crippen LogP contribution in [0.2, 0.25) is 0 Å². The molecule has 0 aliphatic rings. The van der Waals surface area contributed by atoms with Crippen LogP contribution in [0, 0.1) is 13.8 Å². The standard InChI is InChI=1S/C23H28N4O5S/c1-15-20(16(2)27(3)25-15)11-13-23(28)24-18-8-12-21(32-5)22(14-18)33(29,30)26-17-6-9-19(31-4)10-7-17/h6-10,12,14,26H,11,13H2,1-5H3,(H,24,28). The first kappa shape index (κ1) is 24.1. The summed E-state index contributed by atoms with van der Waals surface area (Å²) in [7, 11) is 0.809. The monoisotopic (exact) mass is 472 g/mol. The van der Waals surface area contributed by atoms with E-state index in [4.69, 9.17) is 9.47 Å². The van der Waals surface area contributed by atoms with Gasteiger partial charge in [0.1, 0.15) is 16.4 Å². The number of sulfonamides is 1. The predicted molar refractivity (Wildman–Crippen MR) is 126 cm³/mol. The molecule has 9 nitrogen and oxygen atoms in total. The molecule has 0 fully saturated rings. The van der Waals surface area contributed by atoms with Crippen molar-refractivity contribution in [3.05, 3.63) is 59.4 Å². The fraction of sp³-hybridized carbons (Fsp3) is 0.304. The molecular formula is C23H28N4O5S. The zero-order chi connectivity index (χ0) is 24.2. The second-order valence-electron chi connectivity index (χ2n) is 7.52. The molecule has 3 rings (SSSR count). The maximum Gasteiger partial charge on any atom is 0.265 e. The van der Waals surface area contributed by atoms with Crippen molar-refractivity contribution in [1.29, 1.82) is 0 Å². The molecule has 2 N–H and O–H groups in total. The highest BCUT2D eigenvalue weighted by Crippen LogP contribution is 2.29. The van der Waals surface area contributed by atoms with E-state index in [2.05, 4.69) is 15.1 Å². The number of methoxy groups -OCH3 is 2. The van der Waals surface area contributed by atoms with Crippen LogP contribution < -0.4 is 19.5 Å². The van der Waals surface area contributed by atoms with Crippen molar-refractivity contribution in [3.8, 4) is 11.5 Å². The summed E-state index contributed by atoms with van der Waals surface area (Å²) >= 11 is 0. The first-order chi connectivity index (χ1) is 15.6. The first-order valence-electron chi connectivity index (χ1n) is 10.3. The molecule has 10 heteroatoms. The number of hydrogen-bond acceptors (Lipinski definition) is 6. The average molecular weight is 473 g/mol. The fourth-order valence-electron chi connectivity index (χ4n) is 3.47. The molecule has 1 aromatic heterocycles. The summed E-state index contributed by atoms with van der Waals surface area (Å²) in [5.41, 5.74) is 3.67. The predicted octanol–water partition coefficient (Wildman–Crippen LogP) is 3.43. The number of ether oxygens (including phenoxy) is 2. The minimum absolute atomic E-state index is 0.0856. The molecule has 1 amide bonds. The van der Waals surface area contributed by atoms with E-state index in [9.17, 15) is 13.2 Å². The molecule has 0 atom stereocenters. The van der Waals surface area contributed by atoms with Crippen LogP contribution in [0.3, 0.4) is 0 Å². The van der Waals surface area contributed by atoms with Crippen LogP contribution in [-0.2, 0) is 28.3 Å². The van der Waals surface area contributed by atoms with Crippen molar-refractivity contribution in [1.82, 2.24) is 9.78 Å². The van der Waals surface area contributed by atoms with E-state index in [1.54, 1.807) is 35.0 Å². The highest BCUT2D eigenvalue weighted by atomic mass is 32.2. The highest BCUT2D eigenvalue weighted by Gasteiger charge is 2.21. The molecule has 0 aliphatic carbocycles. The van der Waals surface area contributed by atoms with Gasteiger partial charge in [0, 0.05) is 30.5 Å². The zero-order valence-electron chi connectivity index (χ0n) is 19.3. The third-order valence-electron chi connectivity index (χ3n) is 5.34. The van der Waals surface area contributed by atoms with Gasteiger partial charge in [-0.25, -0.2) is 8.42 Å². The van der Waals surface area contributed by atoms with E-state index in [-0.39, 0.29) is 23.0 Å². The normalized spacial score (nSPS) is 11.2. The largest absolute Gasteiger partial charge is 0.497 e. The molecule has 2 aromatic carbocycles. The summed E-state index contributed by atoms with van der Waals surface area (Å²) in [6.07, 6.45) is 0.781. The number of hydrogen-bond donors (Lipinski definition) is 2. The van der Waals surface area contributed by atoms with E-state index >= 15 is 0 Å². The maximum absolute atomic E-state index is 13.0. The number of aromatic nitrogens is 2. The molecule has 0 saturated carbocycles. The molecule has 3 aromatic rings. The SMILES string of the molecule is COc1ccc(NS(=O)(=O)c2cc(NC(=O)CCc3c(C)nn(C)c3C)ccc2OC)cc1. The molecule has 0 radical (unpaired) electrons. The Morgan fingerprint density at radius 3 is 2.27 bits per heavy atom. The van der Waals surface area contributed by atoms with Gasteiger partial charge in [-0.05, 0) is 68.3 Å². The van der Waals surface area contributed by atoms with E-state index in [1.165, 1.54) is 26.4 Å². The summed E-state index contributed by atoms with van der Waals surface area (Å²) in [6, 6.07) is 11.0. The summed E-state index contributed by atoms with van der Waals surface area (Å²) in [4.78, 5) is 12.4. The lowest BCUT2D eigenvalue weighted by Crippen LogP contribution is -2.16. The number of nitrogens with one attached hydrogen (secondary N) is 2. The van der Waals surface area contributed by atoms with Gasteiger partial charge in [-0.2, -0.15) is 5.10 Å². The van der Waals surface area contributed by atoms with Crippen molar-refractivity contribution in [3.63, 3.8) is 0 Å². The molecule has 176 valence electrons. The van der Waals surface area contributed by atoms with Gasteiger partial charge in [0.15, 0.2) is 0 Å². The van der Waals surface area contributed by atoms with E-state index in [0.717, 1.165) is 17.0 Å². The molecule has 0 aliphatic heterocycles. The number of aryl methyl sites for hydroxylation is 2. The maximum atomic E-state index is 13.0. The van der Waals surface area contributed by atoms with Crippen molar-refractivity contribution in [2.45, 2.75) is 31.6 Å². The van der Waals surface area contributed by atoms with Gasteiger partial charge in [0.2, 0.25) is 5.91 Å². The quantitative estimate of drug-likeness (QED) is 0.494. The topological polar surface area (TPSA) is 112 Å². The fourth-order valence-corrected chi connectivity index (χ4v) is 4.73. The third-order valence-corrected chi connectivity index (χ3v) is 6.74. The summed E-state index contributed by atoms with van der Waals surface area (Å²) < 4.78 is 40.7. The average Bonchev–Trinajstić information content (AvgIpc) is 3.03. The Morgan fingerprint density at radius 2 is 1.70 bits per heavy atom. The van der Waals surface area contributed by atoms with Crippen molar-refractivity contribution < 1.29 is 22.7 Å². The van der Waals surface area contributed by atoms with Crippen LogP contribution in [0.25, 0.3) is 0 Å². The lowest BCUT2D eigenvalue weighted by Gasteiger charge is -2.14. The molecule has 0 spiro atoms. The number of rotatable bonds is 9. The summed E-state index contributed by atoms with van der Waals surface area (Å²) in [5.74, 6) is 0.543. The molecule has 0 saturated heterocycles. The van der Waals surface area contributed by atoms with Crippen molar-refractivity contribution >= 4 is 27.3 Å². The van der Waals surface area contributed by atoms with E-state index < -0.39 is 10.0 Å². The smallest absolute Gasteiger partial charge is 0.265 e. The number of carbonyl (C=O) groups excluding carboxylic acids is 1. The van der Waals surface area contributed by atoms with Gasteiger partial charge >= 0.3 is 0 Å². The van der Waals surface area contributed by atoms with Crippen LogP contribution >= 0.6 is 0 Å². The first-order valence-corrected chi connectivity index (χ1v) is 11.8. The Bertz CT molecular complexity index is 1250.